The van der Waals surface area contributed by atoms with E-state index in [2.05, 4.69) is 15.4 Å². The zero-order valence-electron chi connectivity index (χ0n) is 13.4. The number of amides is 2. The Morgan fingerprint density at radius 3 is 2.84 bits per heavy atom. The van der Waals surface area contributed by atoms with Crippen LogP contribution in [0.4, 0.5) is 19.3 Å². The molecule has 0 fully saturated rings. The fourth-order valence-corrected chi connectivity index (χ4v) is 2.86. The number of benzene rings is 1. The number of anilines is 1. The summed E-state index contributed by atoms with van der Waals surface area (Å²) in [7, 11) is 1.08. The molecule has 2 aromatic rings. The summed E-state index contributed by atoms with van der Waals surface area (Å²) in [6.45, 7) is 0. The van der Waals surface area contributed by atoms with Crippen molar-refractivity contribution in [2.24, 2.45) is 0 Å². The van der Waals surface area contributed by atoms with Gasteiger partial charge in [0.1, 0.15) is 17.4 Å². The van der Waals surface area contributed by atoms with Gasteiger partial charge in [0.25, 0.3) is 0 Å². The Morgan fingerprint density at radius 1 is 1.28 bits per heavy atom. The van der Waals surface area contributed by atoms with Crippen molar-refractivity contribution in [3.8, 4) is 0 Å². The van der Waals surface area contributed by atoms with Crippen molar-refractivity contribution >= 4 is 17.7 Å². The number of aryl methyl sites for hydroxylation is 1. The summed E-state index contributed by atoms with van der Waals surface area (Å²) in [5.74, 6) is -2.20. The molecule has 1 aliphatic carbocycles. The number of carbonyl (C=O) groups excluding carboxylic acids is 2. The van der Waals surface area contributed by atoms with Crippen molar-refractivity contribution in [2.75, 3.05) is 12.4 Å². The minimum atomic E-state index is -1.06. The smallest absolute Gasteiger partial charge is 0.340 e. The van der Waals surface area contributed by atoms with E-state index in [9.17, 15) is 18.4 Å². The summed E-state index contributed by atoms with van der Waals surface area (Å²) in [4.78, 5) is 23.7. The van der Waals surface area contributed by atoms with E-state index in [-0.39, 0.29) is 11.7 Å². The molecular weight excluding hydrogens is 334 g/mol. The Hall–Kier alpha value is -2.90. The molecule has 6 nitrogen and oxygen atoms in total. The molecule has 132 valence electrons. The molecule has 1 unspecified atom stereocenters. The fraction of sp³-hybridized carbons (Fsp3) is 0.294. The molecule has 1 aromatic heterocycles. The minimum Gasteiger partial charge on any atom is -0.469 e. The van der Waals surface area contributed by atoms with Gasteiger partial charge in [-0.1, -0.05) is 0 Å². The van der Waals surface area contributed by atoms with Gasteiger partial charge in [0.05, 0.1) is 30.7 Å². The number of rotatable bonds is 3. The standard InChI is InChI=1S/C17H16F2N2O4/c1-24-16(22)10-7-14(12(19)8-11(10)18)21-17(23)20-13-3-2-4-15-9(13)5-6-25-15/h5-8,13H,2-4H2,1H3,(H2,20,21,23). The molecule has 0 bridgehead atoms. The Bertz CT molecular complexity index is 819. The maximum atomic E-state index is 13.9. The van der Waals surface area contributed by atoms with Gasteiger partial charge in [-0.25, -0.2) is 18.4 Å². The largest absolute Gasteiger partial charge is 0.469 e. The molecule has 1 aromatic carbocycles. The predicted molar refractivity (Wildman–Crippen MR) is 84.2 cm³/mol. The van der Waals surface area contributed by atoms with Gasteiger partial charge in [0.2, 0.25) is 0 Å². The molecule has 3 rings (SSSR count). The summed E-state index contributed by atoms with van der Waals surface area (Å²) in [6, 6.07) is 2.29. The van der Waals surface area contributed by atoms with Gasteiger partial charge in [0.15, 0.2) is 0 Å². The van der Waals surface area contributed by atoms with Crippen LogP contribution in [0.25, 0.3) is 0 Å². The average molecular weight is 350 g/mol. The number of furan rings is 1. The first kappa shape index (κ1) is 16.9. The summed E-state index contributed by atoms with van der Waals surface area (Å²) < 4.78 is 37.3. The second kappa shape index (κ2) is 6.92. The van der Waals surface area contributed by atoms with Crippen LogP contribution in [0.1, 0.15) is 40.6 Å². The van der Waals surface area contributed by atoms with E-state index in [1.54, 1.807) is 12.3 Å². The molecule has 0 aliphatic heterocycles. The van der Waals surface area contributed by atoms with Crippen LogP contribution in [0.2, 0.25) is 0 Å². The molecule has 0 saturated heterocycles. The predicted octanol–water partition coefficient (Wildman–Crippen LogP) is 3.54. The van der Waals surface area contributed by atoms with E-state index in [0.717, 1.165) is 43.8 Å². The second-order valence-corrected chi connectivity index (χ2v) is 5.65. The average Bonchev–Trinajstić information content (AvgIpc) is 3.06. The molecule has 0 radical (unpaired) electrons. The Labute approximate surface area is 142 Å². The first-order valence-corrected chi connectivity index (χ1v) is 7.70. The van der Waals surface area contributed by atoms with Gasteiger partial charge in [-0.05, 0) is 25.0 Å². The number of halogens is 2. The monoisotopic (exact) mass is 350 g/mol. The first-order chi connectivity index (χ1) is 12.0. The molecule has 1 atom stereocenters. The van der Waals surface area contributed by atoms with Crippen molar-refractivity contribution in [2.45, 2.75) is 25.3 Å². The summed E-state index contributed by atoms with van der Waals surface area (Å²) in [6.07, 6.45) is 3.93. The van der Waals surface area contributed by atoms with E-state index in [1.165, 1.54) is 0 Å². The lowest BCUT2D eigenvalue weighted by molar-refractivity contribution is 0.0595. The van der Waals surface area contributed by atoms with E-state index in [0.29, 0.717) is 6.07 Å². The molecule has 8 heteroatoms. The normalized spacial score (nSPS) is 16.0. The highest BCUT2D eigenvalue weighted by atomic mass is 19.1. The van der Waals surface area contributed by atoms with Crippen molar-refractivity contribution in [1.82, 2.24) is 5.32 Å². The third-order valence-electron chi connectivity index (χ3n) is 4.07. The number of hydrogen-bond acceptors (Lipinski definition) is 4. The van der Waals surface area contributed by atoms with Crippen LogP contribution in [0, 0.1) is 11.6 Å². The number of esters is 1. The van der Waals surface area contributed by atoms with Crippen LogP contribution in [0.3, 0.4) is 0 Å². The lowest BCUT2D eigenvalue weighted by Gasteiger charge is -2.23. The van der Waals surface area contributed by atoms with E-state index < -0.39 is 29.2 Å². The van der Waals surface area contributed by atoms with Crippen molar-refractivity contribution < 1.29 is 27.5 Å². The Kier molecular flexibility index (Phi) is 4.69. The number of ether oxygens (including phenoxy) is 1. The van der Waals surface area contributed by atoms with Crippen LogP contribution in [0.15, 0.2) is 28.9 Å². The van der Waals surface area contributed by atoms with Crippen molar-refractivity contribution in [3.63, 3.8) is 0 Å². The van der Waals surface area contributed by atoms with Crippen molar-refractivity contribution in [3.05, 3.63) is 53.0 Å². The third kappa shape index (κ3) is 3.47. The Balaban J connectivity index is 1.75. The van der Waals surface area contributed by atoms with Gasteiger partial charge in [0, 0.05) is 18.1 Å². The van der Waals surface area contributed by atoms with E-state index in [4.69, 9.17) is 4.42 Å². The minimum absolute atomic E-state index is 0.258. The van der Waals surface area contributed by atoms with Crippen LogP contribution in [0.5, 0.6) is 0 Å². The zero-order valence-corrected chi connectivity index (χ0v) is 13.4. The molecule has 0 saturated carbocycles. The van der Waals surface area contributed by atoms with Gasteiger partial charge in [-0.15, -0.1) is 0 Å². The molecule has 25 heavy (non-hydrogen) atoms. The van der Waals surface area contributed by atoms with Gasteiger partial charge in [-0.3, -0.25) is 0 Å². The number of methoxy groups -OCH3 is 1. The molecule has 1 heterocycles. The number of nitrogens with one attached hydrogen (secondary N) is 2. The molecule has 2 amide bonds. The summed E-state index contributed by atoms with van der Waals surface area (Å²) in [5.41, 5.74) is 0.104. The maximum absolute atomic E-state index is 13.9. The SMILES string of the molecule is COC(=O)c1cc(NC(=O)NC2CCCc3occc32)c(F)cc1F. The van der Waals surface area contributed by atoms with Crippen molar-refractivity contribution in [1.29, 1.82) is 0 Å². The fourth-order valence-electron chi connectivity index (χ4n) is 2.86. The van der Waals surface area contributed by atoms with Crippen LogP contribution < -0.4 is 10.6 Å². The highest BCUT2D eigenvalue weighted by Crippen LogP contribution is 2.30. The number of hydrogen-bond donors (Lipinski definition) is 2. The molecule has 2 N–H and O–H groups in total. The van der Waals surface area contributed by atoms with Crippen LogP contribution in [-0.2, 0) is 11.2 Å². The summed E-state index contributed by atoms with van der Waals surface area (Å²) >= 11 is 0. The Morgan fingerprint density at radius 2 is 2.08 bits per heavy atom. The van der Waals surface area contributed by atoms with Gasteiger partial charge < -0.3 is 19.8 Å². The summed E-state index contributed by atoms with van der Waals surface area (Å²) in [5, 5.41) is 5.02. The zero-order chi connectivity index (χ0) is 18.0. The highest BCUT2D eigenvalue weighted by Gasteiger charge is 2.25. The molecule has 0 spiro atoms. The van der Waals surface area contributed by atoms with E-state index in [1.807, 2.05) is 0 Å². The number of fused-ring (bicyclic) bond motifs is 1. The van der Waals surface area contributed by atoms with Gasteiger partial charge >= 0.3 is 12.0 Å². The number of urea groups is 1. The lowest BCUT2D eigenvalue weighted by atomic mass is 9.93. The van der Waals surface area contributed by atoms with Gasteiger partial charge in [-0.2, -0.15) is 0 Å². The molecular formula is C17H16F2N2O4. The third-order valence-corrected chi connectivity index (χ3v) is 4.07. The van der Waals surface area contributed by atoms with Crippen LogP contribution in [-0.4, -0.2) is 19.1 Å². The highest BCUT2D eigenvalue weighted by molar-refractivity contribution is 5.94. The topological polar surface area (TPSA) is 80.6 Å². The maximum Gasteiger partial charge on any atom is 0.340 e. The number of carbonyl (C=O) groups is 2. The van der Waals surface area contributed by atoms with Crippen LogP contribution >= 0.6 is 0 Å². The molecule has 1 aliphatic rings. The quantitative estimate of drug-likeness (QED) is 0.830. The first-order valence-electron chi connectivity index (χ1n) is 7.70. The second-order valence-electron chi connectivity index (χ2n) is 5.65. The lowest BCUT2D eigenvalue weighted by Crippen LogP contribution is -2.34. The van der Waals surface area contributed by atoms with E-state index >= 15 is 0 Å².